The number of anilines is 3. The summed E-state index contributed by atoms with van der Waals surface area (Å²) in [5, 5.41) is 7.61. The zero-order valence-corrected chi connectivity index (χ0v) is 21.3. The van der Waals surface area contributed by atoms with E-state index in [0.29, 0.717) is 11.3 Å². The molecule has 0 saturated heterocycles. The van der Waals surface area contributed by atoms with Crippen LogP contribution in [0.2, 0.25) is 10.0 Å². The van der Waals surface area contributed by atoms with Crippen molar-refractivity contribution in [1.29, 1.82) is 0 Å². The van der Waals surface area contributed by atoms with Gasteiger partial charge < -0.3 is 16.4 Å². The van der Waals surface area contributed by atoms with Gasteiger partial charge in [-0.2, -0.15) is 9.97 Å². The van der Waals surface area contributed by atoms with Gasteiger partial charge in [0.05, 0.1) is 21.1 Å². The summed E-state index contributed by atoms with van der Waals surface area (Å²) in [6, 6.07) is 13.0. The van der Waals surface area contributed by atoms with Crippen LogP contribution in [-0.2, 0) is 6.42 Å². The number of halogens is 2. The topological polar surface area (TPSA) is 111 Å². The number of aryl methyl sites for hydroxylation is 1. The van der Waals surface area contributed by atoms with Gasteiger partial charge in [-0.15, -0.1) is 0 Å². The summed E-state index contributed by atoms with van der Waals surface area (Å²) in [6.45, 7) is 7.46. The molecule has 10 heteroatoms. The highest BCUT2D eigenvalue weighted by Crippen LogP contribution is 2.30. The molecule has 4 rings (SSSR count). The molecule has 2 aromatic carbocycles. The Balaban J connectivity index is 1.52. The van der Waals surface area contributed by atoms with Gasteiger partial charge in [0.15, 0.2) is 5.65 Å². The molecule has 0 aliphatic carbocycles. The molecule has 0 atom stereocenters. The van der Waals surface area contributed by atoms with E-state index < -0.39 is 5.69 Å². The molecule has 8 nitrogen and oxygen atoms in total. The quantitative estimate of drug-likeness (QED) is 0.295. The maximum Gasteiger partial charge on any atom is 0.355 e. The van der Waals surface area contributed by atoms with Crippen molar-refractivity contribution in [2.45, 2.75) is 39.2 Å². The molecule has 0 unspecified atom stereocenters. The second kappa shape index (κ2) is 10.2. The van der Waals surface area contributed by atoms with Gasteiger partial charge in [0.25, 0.3) is 0 Å². The van der Waals surface area contributed by atoms with Crippen LogP contribution < -0.4 is 22.1 Å². The molecule has 0 amide bonds. The highest BCUT2D eigenvalue weighted by molar-refractivity contribution is 6.37. The Morgan fingerprint density at radius 1 is 1.03 bits per heavy atom. The first-order chi connectivity index (χ1) is 16.6. The van der Waals surface area contributed by atoms with Gasteiger partial charge in [-0.1, -0.05) is 41.4 Å². The monoisotopic (exact) mass is 511 g/mol. The van der Waals surface area contributed by atoms with Crippen LogP contribution in [0.25, 0.3) is 16.7 Å². The second-order valence-corrected chi connectivity index (χ2v) is 10.0. The lowest BCUT2D eigenvalue weighted by Crippen LogP contribution is -2.36. The molecular weight excluding hydrogens is 485 g/mol. The van der Waals surface area contributed by atoms with Gasteiger partial charge in [-0.3, -0.25) is 0 Å². The van der Waals surface area contributed by atoms with Crippen molar-refractivity contribution in [2.75, 3.05) is 17.6 Å². The molecule has 0 saturated carbocycles. The van der Waals surface area contributed by atoms with Crippen LogP contribution in [-0.4, -0.2) is 31.6 Å². The minimum absolute atomic E-state index is 0.104. The number of nitrogens with one attached hydrogen (secondary N) is 2. The molecule has 2 heterocycles. The molecule has 2 aromatic heterocycles. The van der Waals surface area contributed by atoms with Crippen molar-refractivity contribution in [3.63, 3.8) is 0 Å². The summed E-state index contributed by atoms with van der Waals surface area (Å²) in [5.41, 5.74) is 8.29. The molecule has 0 radical (unpaired) electrons. The van der Waals surface area contributed by atoms with Gasteiger partial charge in [-0.05, 0) is 70.0 Å². The number of para-hydroxylation sites is 1. The smallest absolute Gasteiger partial charge is 0.355 e. The summed E-state index contributed by atoms with van der Waals surface area (Å²) in [4.78, 5) is 25.6. The van der Waals surface area contributed by atoms with Crippen molar-refractivity contribution < 1.29 is 0 Å². The van der Waals surface area contributed by atoms with Gasteiger partial charge in [0.1, 0.15) is 5.82 Å². The first kappa shape index (κ1) is 24.9. The number of nitrogens with zero attached hydrogens (tertiary/aromatic N) is 4. The van der Waals surface area contributed by atoms with Crippen LogP contribution in [0.4, 0.5) is 17.5 Å². The predicted molar refractivity (Wildman–Crippen MR) is 143 cm³/mol. The van der Waals surface area contributed by atoms with E-state index in [1.54, 1.807) is 18.2 Å². The number of fused-ring (bicyclic) bond motifs is 1. The molecule has 35 heavy (non-hydrogen) atoms. The lowest BCUT2D eigenvalue weighted by Gasteiger charge is -2.20. The number of nitrogens with two attached hydrogens (primary N) is 1. The lowest BCUT2D eigenvalue weighted by molar-refractivity contribution is 0.422. The standard InChI is InChI=1S/C25H27Cl2N7O/c1-25(2,3)30-13-5-6-15-9-11-16(12-10-15)31-23-29-14-17-21(28)34(24(35)33-22(17)32-23)20-18(26)7-4-8-19(20)27/h4,7-12,14,30H,5-6,13,28H2,1-3H3,(H,31,32,33,35). The van der Waals surface area contributed by atoms with E-state index in [-0.39, 0.29) is 32.7 Å². The van der Waals surface area contributed by atoms with E-state index in [4.69, 9.17) is 28.9 Å². The maximum atomic E-state index is 12.8. The number of aromatic nitrogens is 4. The summed E-state index contributed by atoms with van der Waals surface area (Å²) in [6.07, 6.45) is 3.56. The average Bonchev–Trinajstić information content (AvgIpc) is 2.79. The van der Waals surface area contributed by atoms with Crippen LogP contribution >= 0.6 is 23.2 Å². The van der Waals surface area contributed by atoms with E-state index in [0.717, 1.165) is 25.1 Å². The zero-order chi connectivity index (χ0) is 25.2. The fourth-order valence-corrected chi connectivity index (χ4v) is 4.19. The van der Waals surface area contributed by atoms with Gasteiger partial charge in [0, 0.05) is 17.4 Å². The Hall–Kier alpha value is -3.20. The molecule has 182 valence electrons. The normalized spacial score (nSPS) is 11.7. The number of rotatable bonds is 7. The van der Waals surface area contributed by atoms with Crippen molar-refractivity contribution in [3.05, 3.63) is 74.8 Å². The molecule has 0 aliphatic rings. The number of hydrogen-bond donors (Lipinski definition) is 3. The van der Waals surface area contributed by atoms with E-state index in [1.807, 2.05) is 12.1 Å². The highest BCUT2D eigenvalue weighted by atomic mass is 35.5. The predicted octanol–water partition coefficient (Wildman–Crippen LogP) is 5.13. The number of nitrogen functional groups attached to an aromatic ring is 1. The highest BCUT2D eigenvalue weighted by Gasteiger charge is 2.17. The summed E-state index contributed by atoms with van der Waals surface area (Å²) in [5.74, 6) is 0.409. The average molecular weight is 512 g/mol. The van der Waals surface area contributed by atoms with Crippen LogP contribution in [0.5, 0.6) is 0 Å². The van der Waals surface area contributed by atoms with Crippen LogP contribution in [0, 0.1) is 0 Å². The summed E-state index contributed by atoms with van der Waals surface area (Å²) < 4.78 is 1.17. The molecule has 0 fully saturated rings. The fourth-order valence-electron chi connectivity index (χ4n) is 3.62. The Kier molecular flexibility index (Phi) is 7.25. The zero-order valence-electron chi connectivity index (χ0n) is 19.8. The maximum absolute atomic E-state index is 12.8. The summed E-state index contributed by atoms with van der Waals surface area (Å²) >= 11 is 12.5. The number of benzene rings is 2. The van der Waals surface area contributed by atoms with Crippen molar-refractivity contribution in [2.24, 2.45) is 0 Å². The molecular formula is C25H27Cl2N7O. The van der Waals surface area contributed by atoms with Crippen molar-refractivity contribution in [3.8, 4) is 5.69 Å². The SMILES string of the molecule is CC(C)(C)NCCCc1ccc(Nc2ncc3c(N)n(-c4c(Cl)cccc4Cl)c(=O)nc3n2)cc1. The fraction of sp³-hybridized carbons (Fsp3) is 0.280. The largest absolute Gasteiger partial charge is 0.384 e. The molecule has 0 spiro atoms. The van der Waals surface area contributed by atoms with E-state index in [2.05, 4.69) is 58.5 Å². The third kappa shape index (κ3) is 5.90. The molecule has 4 aromatic rings. The van der Waals surface area contributed by atoms with E-state index >= 15 is 0 Å². The van der Waals surface area contributed by atoms with Crippen molar-refractivity contribution >= 4 is 51.7 Å². The van der Waals surface area contributed by atoms with Gasteiger partial charge in [-0.25, -0.2) is 14.3 Å². The molecule has 0 aliphatic heterocycles. The first-order valence-electron chi connectivity index (χ1n) is 11.2. The summed E-state index contributed by atoms with van der Waals surface area (Å²) in [7, 11) is 0. The molecule has 0 bridgehead atoms. The van der Waals surface area contributed by atoms with Crippen LogP contribution in [0.3, 0.4) is 0 Å². The second-order valence-electron chi connectivity index (χ2n) is 9.22. The lowest BCUT2D eigenvalue weighted by atomic mass is 10.1. The van der Waals surface area contributed by atoms with Crippen LogP contribution in [0.1, 0.15) is 32.8 Å². The van der Waals surface area contributed by atoms with Gasteiger partial charge in [0.2, 0.25) is 5.95 Å². The van der Waals surface area contributed by atoms with Gasteiger partial charge >= 0.3 is 5.69 Å². The van der Waals surface area contributed by atoms with Crippen LogP contribution in [0.15, 0.2) is 53.5 Å². The Labute approximate surface area is 213 Å². The Bertz CT molecular complexity index is 1390. The van der Waals surface area contributed by atoms with E-state index in [1.165, 1.54) is 16.3 Å². The minimum Gasteiger partial charge on any atom is -0.384 e. The first-order valence-corrected chi connectivity index (χ1v) is 12.0. The minimum atomic E-state index is -0.639. The van der Waals surface area contributed by atoms with E-state index in [9.17, 15) is 4.79 Å². The third-order valence-corrected chi connectivity index (χ3v) is 5.96. The number of hydrogen-bond acceptors (Lipinski definition) is 7. The molecule has 4 N–H and O–H groups in total. The Morgan fingerprint density at radius 3 is 2.37 bits per heavy atom. The Morgan fingerprint density at radius 2 is 1.71 bits per heavy atom. The third-order valence-electron chi connectivity index (χ3n) is 5.35. The van der Waals surface area contributed by atoms with Crippen molar-refractivity contribution in [1.82, 2.24) is 24.8 Å².